The van der Waals surface area contributed by atoms with E-state index in [-0.39, 0.29) is 5.56 Å². The Kier molecular flexibility index (Phi) is 3.01. The number of aryl methyl sites for hydroxylation is 1. The van der Waals surface area contributed by atoms with Gasteiger partial charge in [-0.1, -0.05) is 24.3 Å². The normalized spacial score (nSPS) is 16.6. The molecule has 0 aliphatic carbocycles. The van der Waals surface area contributed by atoms with Crippen molar-refractivity contribution in [1.82, 2.24) is 0 Å². The Balaban J connectivity index is 2.06. The number of halogens is 2. The maximum absolute atomic E-state index is 14.1. The zero-order valence-corrected chi connectivity index (χ0v) is 10.9. The van der Waals surface area contributed by atoms with Crippen molar-refractivity contribution in [3.05, 3.63) is 64.7 Å². The minimum atomic E-state index is -0.803. The van der Waals surface area contributed by atoms with Crippen molar-refractivity contribution in [2.75, 3.05) is 11.9 Å². The number of carbonyl (C=O) groups excluding carboxylic acids is 1. The molecule has 2 aromatic carbocycles. The third-order valence-electron chi connectivity index (χ3n) is 3.68. The van der Waals surface area contributed by atoms with Crippen LogP contribution in [0.15, 0.2) is 36.4 Å². The van der Waals surface area contributed by atoms with Crippen LogP contribution in [0.2, 0.25) is 0 Å². The molecule has 1 atom stereocenters. The van der Waals surface area contributed by atoms with Gasteiger partial charge >= 0.3 is 0 Å². The molecule has 0 saturated heterocycles. The van der Waals surface area contributed by atoms with E-state index in [2.05, 4.69) is 5.32 Å². The van der Waals surface area contributed by atoms with E-state index in [0.717, 1.165) is 17.3 Å². The highest BCUT2D eigenvalue weighted by Crippen LogP contribution is 2.34. The van der Waals surface area contributed by atoms with Crippen LogP contribution in [0.25, 0.3) is 0 Å². The lowest BCUT2D eigenvalue weighted by Gasteiger charge is -2.12. The van der Waals surface area contributed by atoms with Crippen LogP contribution in [0.5, 0.6) is 0 Å². The Morgan fingerprint density at radius 2 is 1.95 bits per heavy atom. The Hall–Kier alpha value is -2.23. The lowest BCUT2D eigenvalue weighted by molar-refractivity contribution is 0.0958. The van der Waals surface area contributed by atoms with Gasteiger partial charge in [0.1, 0.15) is 11.6 Å². The zero-order valence-electron chi connectivity index (χ0n) is 10.9. The molecule has 1 heterocycles. The minimum Gasteiger partial charge on any atom is -0.384 e. The summed E-state index contributed by atoms with van der Waals surface area (Å²) in [4.78, 5) is 12.5. The second-order valence-corrected chi connectivity index (χ2v) is 4.94. The van der Waals surface area contributed by atoms with Crippen LogP contribution >= 0.6 is 0 Å². The predicted molar refractivity (Wildman–Crippen MR) is 73.1 cm³/mol. The van der Waals surface area contributed by atoms with Crippen LogP contribution in [0.4, 0.5) is 14.5 Å². The highest BCUT2D eigenvalue weighted by Gasteiger charge is 2.32. The fourth-order valence-corrected chi connectivity index (χ4v) is 2.57. The van der Waals surface area contributed by atoms with Gasteiger partial charge in [-0.15, -0.1) is 0 Å². The number of rotatable bonds is 2. The first-order valence-electron chi connectivity index (χ1n) is 6.41. The SMILES string of the molecule is Cc1ccc(F)c(C(=O)C2CNc3ccccc32)c1F. The van der Waals surface area contributed by atoms with Crippen LogP contribution in [-0.2, 0) is 0 Å². The fourth-order valence-electron chi connectivity index (χ4n) is 2.57. The van der Waals surface area contributed by atoms with E-state index in [4.69, 9.17) is 0 Å². The van der Waals surface area contributed by atoms with E-state index < -0.39 is 28.9 Å². The molecule has 0 saturated carbocycles. The van der Waals surface area contributed by atoms with Crippen molar-refractivity contribution in [3.63, 3.8) is 0 Å². The van der Waals surface area contributed by atoms with Crippen LogP contribution in [0.1, 0.15) is 27.4 Å². The predicted octanol–water partition coefficient (Wildman–Crippen LogP) is 3.67. The molecule has 0 spiro atoms. The molecule has 4 heteroatoms. The maximum Gasteiger partial charge on any atom is 0.178 e. The first-order valence-corrected chi connectivity index (χ1v) is 6.41. The molecule has 0 bridgehead atoms. The zero-order chi connectivity index (χ0) is 14.3. The summed E-state index contributed by atoms with van der Waals surface area (Å²) in [6, 6.07) is 9.80. The molecule has 102 valence electrons. The summed E-state index contributed by atoms with van der Waals surface area (Å²) in [6.07, 6.45) is 0. The molecule has 0 amide bonds. The van der Waals surface area contributed by atoms with Crippen LogP contribution < -0.4 is 5.32 Å². The second-order valence-electron chi connectivity index (χ2n) is 4.94. The number of anilines is 1. The number of para-hydroxylation sites is 1. The second kappa shape index (κ2) is 4.71. The summed E-state index contributed by atoms with van der Waals surface area (Å²) in [5, 5.41) is 3.09. The van der Waals surface area contributed by atoms with Crippen molar-refractivity contribution in [2.45, 2.75) is 12.8 Å². The molecule has 0 aromatic heterocycles. The lowest BCUT2D eigenvalue weighted by Crippen LogP contribution is -2.18. The molecular formula is C16H13F2NO. The lowest BCUT2D eigenvalue weighted by atomic mass is 9.91. The van der Waals surface area contributed by atoms with Gasteiger partial charge in [-0.05, 0) is 30.2 Å². The van der Waals surface area contributed by atoms with Gasteiger partial charge in [-0.2, -0.15) is 0 Å². The Morgan fingerprint density at radius 3 is 2.75 bits per heavy atom. The van der Waals surface area contributed by atoms with E-state index in [9.17, 15) is 13.6 Å². The average molecular weight is 273 g/mol. The van der Waals surface area contributed by atoms with E-state index in [1.54, 1.807) is 0 Å². The summed E-state index contributed by atoms with van der Waals surface area (Å²) < 4.78 is 27.9. The van der Waals surface area contributed by atoms with Gasteiger partial charge < -0.3 is 5.32 Å². The van der Waals surface area contributed by atoms with E-state index >= 15 is 0 Å². The topological polar surface area (TPSA) is 29.1 Å². The molecule has 1 aliphatic heterocycles. The molecular weight excluding hydrogens is 260 g/mol. The third-order valence-corrected chi connectivity index (χ3v) is 3.68. The fraction of sp³-hybridized carbons (Fsp3) is 0.188. The number of carbonyl (C=O) groups is 1. The van der Waals surface area contributed by atoms with Gasteiger partial charge in [0.05, 0.1) is 11.5 Å². The number of fused-ring (bicyclic) bond motifs is 1. The van der Waals surface area contributed by atoms with E-state index in [1.807, 2.05) is 24.3 Å². The molecule has 2 nitrogen and oxygen atoms in total. The molecule has 1 N–H and O–H groups in total. The monoisotopic (exact) mass is 273 g/mol. The molecule has 2 aromatic rings. The van der Waals surface area contributed by atoms with Crippen molar-refractivity contribution in [1.29, 1.82) is 0 Å². The van der Waals surface area contributed by atoms with Gasteiger partial charge in [0, 0.05) is 12.2 Å². The van der Waals surface area contributed by atoms with Gasteiger partial charge in [-0.3, -0.25) is 4.79 Å². The average Bonchev–Trinajstić information content (AvgIpc) is 2.87. The molecule has 20 heavy (non-hydrogen) atoms. The summed E-state index contributed by atoms with van der Waals surface area (Å²) in [7, 11) is 0. The van der Waals surface area contributed by atoms with Gasteiger partial charge in [0.15, 0.2) is 5.78 Å². The van der Waals surface area contributed by atoms with Gasteiger partial charge in [-0.25, -0.2) is 8.78 Å². The Morgan fingerprint density at radius 1 is 1.20 bits per heavy atom. The standard InChI is InChI=1S/C16H13F2NO/c1-9-6-7-12(17)14(15(9)18)16(20)11-8-19-13-5-3-2-4-10(11)13/h2-7,11,19H,8H2,1H3. The Labute approximate surface area is 115 Å². The minimum absolute atomic E-state index is 0.272. The smallest absolute Gasteiger partial charge is 0.178 e. The quantitative estimate of drug-likeness (QED) is 0.846. The van der Waals surface area contributed by atoms with Crippen molar-refractivity contribution < 1.29 is 13.6 Å². The first-order chi connectivity index (χ1) is 9.59. The summed E-state index contributed by atoms with van der Waals surface area (Å²) >= 11 is 0. The summed E-state index contributed by atoms with van der Waals surface area (Å²) in [5.74, 6) is -2.62. The molecule has 0 fully saturated rings. The van der Waals surface area contributed by atoms with Crippen LogP contribution in [-0.4, -0.2) is 12.3 Å². The first kappa shape index (κ1) is 12.8. The molecule has 1 unspecified atom stereocenters. The highest BCUT2D eigenvalue weighted by molar-refractivity contribution is 6.03. The summed E-state index contributed by atoms with van der Waals surface area (Å²) in [6.45, 7) is 1.89. The number of ketones is 1. The molecule has 1 aliphatic rings. The van der Waals surface area contributed by atoms with Crippen molar-refractivity contribution in [2.24, 2.45) is 0 Å². The Bertz CT molecular complexity index is 697. The van der Waals surface area contributed by atoms with E-state index in [0.29, 0.717) is 6.54 Å². The number of benzene rings is 2. The molecule has 3 rings (SSSR count). The number of hydrogen-bond donors (Lipinski definition) is 1. The molecule has 0 radical (unpaired) electrons. The third kappa shape index (κ3) is 1.88. The largest absolute Gasteiger partial charge is 0.384 e. The maximum atomic E-state index is 14.1. The van der Waals surface area contributed by atoms with Gasteiger partial charge in [0.25, 0.3) is 0 Å². The van der Waals surface area contributed by atoms with Crippen molar-refractivity contribution in [3.8, 4) is 0 Å². The van der Waals surface area contributed by atoms with E-state index in [1.165, 1.54) is 13.0 Å². The van der Waals surface area contributed by atoms with Gasteiger partial charge in [0.2, 0.25) is 0 Å². The summed E-state index contributed by atoms with van der Waals surface area (Å²) in [5.41, 5.74) is 1.47. The number of nitrogens with one attached hydrogen (secondary N) is 1. The van der Waals surface area contributed by atoms with Crippen LogP contribution in [0.3, 0.4) is 0 Å². The van der Waals surface area contributed by atoms with Crippen LogP contribution in [0, 0.1) is 18.6 Å². The highest BCUT2D eigenvalue weighted by atomic mass is 19.1. The number of Topliss-reactive ketones (excluding diaryl/α,β-unsaturated/α-hetero) is 1. The van der Waals surface area contributed by atoms with Crippen molar-refractivity contribution >= 4 is 11.5 Å². The number of hydrogen-bond acceptors (Lipinski definition) is 2.